The van der Waals surface area contributed by atoms with Crippen LogP contribution in [0.5, 0.6) is 0 Å². The molecule has 6 heterocycles. The highest BCUT2D eigenvalue weighted by Gasteiger charge is 2.01. The summed E-state index contributed by atoms with van der Waals surface area (Å²) in [7, 11) is 1.65. The molecule has 0 atom stereocenters. The van der Waals surface area contributed by atoms with Crippen molar-refractivity contribution in [2.75, 3.05) is 93.0 Å². The third kappa shape index (κ3) is 43.3. The van der Waals surface area contributed by atoms with E-state index < -0.39 is 0 Å². The molecule has 6 aromatic heterocycles. The Morgan fingerprint density at radius 1 is 0.442 bits per heavy atom. The van der Waals surface area contributed by atoms with E-state index in [2.05, 4.69) is 122 Å². The maximum Gasteiger partial charge on any atom is 0.147 e. The van der Waals surface area contributed by atoms with Crippen molar-refractivity contribution in [3.05, 3.63) is 121 Å². The van der Waals surface area contributed by atoms with Gasteiger partial charge < -0.3 is 38.0 Å². The second kappa shape index (κ2) is 58.0. The molecule has 0 fully saturated rings. The Kier molecular flexibility index (Phi) is 53.1. The van der Waals surface area contributed by atoms with Gasteiger partial charge in [-0.2, -0.15) is 4.89 Å². The molecule has 0 N–H and O–H groups in total. The molecule has 0 aliphatic heterocycles. The normalized spacial score (nSPS) is 10.4. The summed E-state index contributed by atoms with van der Waals surface area (Å²) in [6, 6.07) is 0. The van der Waals surface area contributed by atoms with Crippen molar-refractivity contribution in [1.82, 2.24) is 90.0 Å². The van der Waals surface area contributed by atoms with Gasteiger partial charge in [-0.15, -0.1) is 49.5 Å². The van der Waals surface area contributed by atoms with Crippen molar-refractivity contribution in [2.45, 2.75) is 147 Å². The van der Waals surface area contributed by atoms with Gasteiger partial charge >= 0.3 is 0 Å². The summed E-state index contributed by atoms with van der Waals surface area (Å²) < 4.78 is 47.0. The topological polar surface area (TPSA) is 267 Å². The molecule has 0 aliphatic carbocycles. The van der Waals surface area contributed by atoms with Crippen LogP contribution in [0.15, 0.2) is 87.3 Å². The number of unbranched alkanes of at least 4 members (excludes halogenated alkanes) is 1. The molecule has 0 bridgehead atoms. The molecule has 0 aliphatic rings. The number of aryl methyl sites for hydroxylation is 7. The van der Waals surface area contributed by atoms with Gasteiger partial charge in [-0.3, -0.25) is 4.68 Å². The van der Waals surface area contributed by atoms with E-state index in [0.717, 1.165) is 98.8 Å². The number of rotatable bonds is 38. The monoisotopic (exact) mass is 1210 g/mol. The third-order valence-electron chi connectivity index (χ3n) is 10.6. The number of allylic oxidation sites excluding steroid dienone is 2. The van der Waals surface area contributed by atoms with Gasteiger partial charge in [-0.25, -0.2) is 23.4 Å². The van der Waals surface area contributed by atoms with Crippen LogP contribution in [0.2, 0.25) is 0 Å². The first-order valence-electron chi connectivity index (χ1n) is 29.6. The summed E-state index contributed by atoms with van der Waals surface area (Å²) in [4.78, 5) is 9.67. The van der Waals surface area contributed by atoms with Crippen LogP contribution in [-0.2, 0) is 101 Å². The number of methoxy groups -OCH3 is 1. The highest BCUT2D eigenvalue weighted by molar-refractivity contribution is 5.19. The molecule has 0 saturated carbocycles. The Balaban J connectivity index is 0.00000102. The zero-order chi connectivity index (χ0) is 63.4. The van der Waals surface area contributed by atoms with Gasteiger partial charge in [0.25, 0.3) is 0 Å². The molecular weight excluding hydrogens is 1100 g/mol. The van der Waals surface area contributed by atoms with Crippen LogP contribution in [0.4, 0.5) is 0 Å². The Hall–Kier alpha value is -7.36. The third-order valence-corrected chi connectivity index (χ3v) is 10.6. The smallest absolute Gasteiger partial charge is 0.147 e. The fourth-order valence-electron chi connectivity index (χ4n) is 5.84. The van der Waals surface area contributed by atoms with Crippen molar-refractivity contribution in [2.24, 2.45) is 0 Å². The van der Waals surface area contributed by atoms with Crippen molar-refractivity contribution in [1.29, 1.82) is 0 Å². The molecule has 0 saturated heterocycles. The highest BCUT2D eigenvalue weighted by Crippen LogP contribution is 1.99. The molecule has 27 heteroatoms. The van der Waals surface area contributed by atoms with Crippen LogP contribution in [-0.4, -0.2) is 183 Å². The Bertz CT molecular complexity index is 2560. The first-order valence-corrected chi connectivity index (χ1v) is 29.6. The zero-order valence-corrected chi connectivity index (χ0v) is 53.5. The first-order chi connectivity index (χ1) is 42.2. The molecule has 482 valence electrons. The number of aromatic nitrogens is 18. The number of nitrogens with zero attached hydrogens (tertiary/aromatic N) is 18. The molecule has 0 spiro atoms. The lowest BCUT2D eigenvalue weighted by atomic mass is 10.3. The van der Waals surface area contributed by atoms with Crippen LogP contribution in [0.1, 0.15) is 123 Å². The van der Waals surface area contributed by atoms with Crippen molar-refractivity contribution >= 4 is 18.6 Å². The fourth-order valence-corrected chi connectivity index (χ4v) is 5.84. The van der Waals surface area contributed by atoms with E-state index in [4.69, 9.17) is 42.9 Å². The fraction of sp³-hybridized carbons (Fsp3) is 0.610. The average Bonchev–Trinajstić information content (AvgIpc) is 4.49. The summed E-state index contributed by atoms with van der Waals surface area (Å²) in [5.74, 6) is 0. The molecule has 27 nitrogen and oxygen atoms in total. The van der Waals surface area contributed by atoms with Gasteiger partial charge in [0.1, 0.15) is 19.5 Å². The number of hydrogen-bond donors (Lipinski definition) is 0. The minimum atomic E-state index is 0.405. The maximum absolute atomic E-state index is 5.45. The van der Waals surface area contributed by atoms with Gasteiger partial charge in [0, 0.05) is 45.1 Å². The standard InChI is InChI=1S/C13H25N3O4.C11H19N3O3.C11H19N3O2.C8H15N3.C8H11N3.C6H9N3.C2H4/c1-3-13-12-16(15-14-13)4-5-18-8-9-20-11-10-19-7-6-17-2;1-3-6-15-8-9-17-16-7-5-14-10-11(4-2)12-13-14;1-3-6-15-8-9-16-7-5-14-10-11(4-2)12-13-14;2*1-3-5-6-11-7-8(4-2)9-10-11;1-3-6-5-9(4-2)8-7-6;1-2/h12H,3-11H2,1-2H3;5,7,10H,3-4,6,8-9H2,1-2H3;3,6,10H,4-5,7-9H2,1-2H3;7H,3-6H2,1-2H3;3,6-7H,4H2,1-2H3;4-5H,2-3H2,1H3;1-2H2/b;7-5-;6-3+;;;;. The van der Waals surface area contributed by atoms with Gasteiger partial charge in [0.15, 0.2) is 0 Å². The molecule has 0 unspecified atom stereocenters. The van der Waals surface area contributed by atoms with E-state index in [1.54, 1.807) is 55.4 Å². The molecule has 6 aromatic rings. The molecular formula is C59H102N18O9. The predicted octanol–water partition coefficient (Wildman–Crippen LogP) is 8.46. The van der Waals surface area contributed by atoms with Crippen molar-refractivity contribution in [3.8, 4) is 0 Å². The largest absolute Gasteiger partial charge is 0.499 e. The van der Waals surface area contributed by atoms with E-state index >= 15 is 0 Å². The summed E-state index contributed by atoms with van der Waals surface area (Å²) >= 11 is 0. The lowest BCUT2D eigenvalue weighted by Gasteiger charge is -2.06. The summed E-state index contributed by atoms with van der Waals surface area (Å²) in [6.07, 6.45) is 32.1. The van der Waals surface area contributed by atoms with Crippen LogP contribution >= 0.6 is 0 Å². The van der Waals surface area contributed by atoms with Crippen LogP contribution in [0.25, 0.3) is 18.6 Å². The van der Waals surface area contributed by atoms with Crippen LogP contribution in [0.3, 0.4) is 0 Å². The molecule has 86 heavy (non-hydrogen) atoms. The van der Waals surface area contributed by atoms with Crippen LogP contribution in [0, 0.1) is 0 Å². The van der Waals surface area contributed by atoms with E-state index in [9.17, 15) is 0 Å². The van der Waals surface area contributed by atoms with Crippen LogP contribution < -0.4 is 0 Å². The predicted molar refractivity (Wildman–Crippen MR) is 333 cm³/mol. The Morgan fingerprint density at radius 2 is 0.849 bits per heavy atom. The number of ether oxygens (including phenoxy) is 7. The van der Waals surface area contributed by atoms with Crippen molar-refractivity contribution in [3.63, 3.8) is 0 Å². The van der Waals surface area contributed by atoms with Crippen molar-refractivity contribution < 1.29 is 42.9 Å². The zero-order valence-electron chi connectivity index (χ0n) is 53.5. The average molecular weight is 1210 g/mol. The van der Waals surface area contributed by atoms with E-state index in [1.807, 2.05) is 88.6 Å². The first kappa shape index (κ1) is 78.6. The van der Waals surface area contributed by atoms with E-state index in [1.165, 1.54) is 19.1 Å². The van der Waals surface area contributed by atoms with Gasteiger partial charge in [0.2, 0.25) is 0 Å². The SMILES string of the molecule is C/C=C/OCCOCCn1cc(CC)nn1.C=C.C=Cn1cc(CC)nn1.CC=C=Cn1cc(CC)nn1.CCCCn1cc(CC)nn1.CCCOCCOO/C=C\n1cc(CC)nn1.CCc1cn(CCOCCOCCOCCOC)nn1. The molecule has 0 radical (unpaired) electrons. The minimum absolute atomic E-state index is 0.405. The van der Waals surface area contributed by atoms with Gasteiger partial charge in [-0.05, 0) is 71.3 Å². The highest BCUT2D eigenvalue weighted by atomic mass is 17.2. The summed E-state index contributed by atoms with van der Waals surface area (Å²) in [5, 5.41) is 47.1. The molecule has 6 rings (SSSR count). The molecule has 0 amide bonds. The minimum Gasteiger partial charge on any atom is -0.499 e. The maximum atomic E-state index is 5.45. The molecule has 0 aromatic carbocycles. The van der Waals surface area contributed by atoms with Gasteiger partial charge in [0.05, 0.1) is 151 Å². The summed E-state index contributed by atoms with van der Waals surface area (Å²) in [5.41, 5.74) is 8.94. The second-order valence-corrected chi connectivity index (χ2v) is 17.3. The van der Waals surface area contributed by atoms with Gasteiger partial charge in [-0.1, -0.05) is 106 Å². The summed E-state index contributed by atoms with van der Waals surface area (Å²) in [6.45, 7) is 40.0. The quantitative estimate of drug-likeness (QED) is 0.00878. The van der Waals surface area contributed by atoms with E-state index in [-0.39, 0.29) is 0 Å². The Labute approximate surface area is 510 Å². The second-order valence-electron chi connectivity index (χ2n) is 17.3. The lowest BCUT2D eigenvalue weighted by Crippen LogP contribution is -2.13. The Morgan fingerprint density at radius 3 is 1.28 bits per heavy atom. The van der Waals surface area contributed by atoms with E-state index in [0.29, 0.717) is 85.8 Å². The number of hydrogen-bond acceptors (Lipinski definition) is 21. The lowest BCUT2D eigenvalue weighted by molar-refractivity contribution is -0.254.